The zero-order chi connectivity index (χ0) is 13.9. The second-order valence-corrected chi connectivity index (χ2v) is 4.90. The minimum atomic E-state index is 0.209. The Morgan fingerprint density at radius 3 is 2.95 bits per heavy atom. The third-order valence-electron chi connectivity index (χ3n) is 3.53. The number of nitrogens with zero attached hydrogens (tertiary/aromatic N) is 3. The molecule has 0 aliphatic rings. The number of hydrogen-bond donors (Lipinski definition) is 1. The first-order valence-electron chi connectivity index (χ1n) is 6.89. The minimum absolute atomic E-state index is 0.209. The lowest BCUT2D eigenvalue weighted by molar-refractivity contribution is 0.658. The number of hydrogen-bond acceptors (Lipinski definition) is 3. The van der Waals surface area contributed by atoms with Crippen LogP contribution in [0.15, 0.2) is 49.1 Å². The molecule has 0 aliphatic heterocycles. The Labute approximate surface area is 118 Å². The van der Waals surface area contributed by atoms with Gasteiger partial charge in [0.2, 0.25) is 0 Å². The third-order valence-corrected chi connectivity index (χ3v) is 3.53. The molecule has 0 saturated heterocycles. The number of anilines is 1. The molecule has 0 fully saturated rings. The molecule has 20 heavy (non-hydrogen) atoms. The highest BCUT2D eigenvalue weighted by Crippen LogP contribution is 2.26. The topological polar surface area (TPSA) is 42.7 Å². The lowest BCUT2D eigenvalue weighted by Gasteiger charge is -2.15. The maximum atomic E-state index is 4.32. The van der Waals surface area contributed by atoms with E-state index in [1.54, 1.807) is 0 Å². The lowest BCUT2D eigenvalue weighted by atomic mass is 10.1. The normalized spacial score (nSPS) is 12.5. The van der Waals surface area contributed by atoms with Crippen LogP contribution in [0, 0.1) is 0 Å². The highest BCUT2D eigenvalue weighted by molar-refractivity contribution is 5.93. The second-order valence-electron chi connectivity index (χ2n) is 4.90. The van der Waals surface area contributed by atoms with E-state index in [2.05, 4.69) is 53.6 Å². The summed E-state index contributed by atoms with van der Waals surface area (Å²) in [5.74, 6) is 0. The summed E-state index contributed by atoms with van der Waals surface area (Å²) in [7, 11) is 0. The van der Waals surface area contributed by atoms with Gasteiger partial charge in [-0.25, -0.2) is 0 Å². The highest BCUT2D eigenvalue weighted by atomic mass is 15.3. The van der Waals surface area contributed by atoms with Gasteiger partial charge in [0.1, 0.15) is 0 Å². The zero-order valence-corrected chi connectivity index (χ0v) is 11.7. The lowest BCUT2D eigenvalue weighted by Crippen LogP contribution is -2.06. The van der Waals surface area contributed by atoms with Crippen LogP contribution in [0.2, 0.25) is 0 Å². The van der Waals surface area contributed by atoms with E-state index in [0.717, 1.165) is 17.6 Å². The molecule has 1 unspecified atom stereocenters. The van der Waals surface area contributed by atoms with Gasteiger partial charge in [0.15, 0.2) is 0 Å². The Bertz CT molecular complexity index is 712. The molecule has 1 atom stereocenters. The van der Waals surface area contributed by atoms with Crippen molar-refractivity contribution in [3.05, 3.63) is 54.6 Å². The van der Waals surface area contributed by atoms with Crippen molar-refractivity contribution in [2.24, 2.45) is 0 Å². The number of fused-ring (bicyclic) bond motifs is 1. The monoisotopic (exact) mass is 266 g/mol. The molecule has 3 rings (SSSR count). The van der Waals surface area contributed by atoms with Gasteiger partial charge in [-0.05, 0) is 31.4 Å². The van der Waals surface area contributed by atoms with Crippen molar-refractivity contribution in [1.29, 1.82) is 0 Å². The van der Waals surface area contributed by atoms with Crippen molar-refractivity contribution < 1.29 is 0 Å². The van der Waals surface area contributed by atoms with E-state index in [-0.39, 0.29) is 6.04 Å². The summed E-state index contributed by atoms with van der Waals surface area (Å²) < 4.78 is 1.94. The van der Waals surface area contributed by atoms with Gasteiger partial charge >= 0.3 is 0 Å². The summed E-state index contributed by atoms with van der Waals surface area (Å²) in [4.78, 5) is 4.21. The summed E-state index contributed by atoms with van der Waals surface area (Å²) in [6.07, 6.45) is 7.73. The molecular weight excluding hydrogens is 248 g/mol. The van der Waals surface area contributed by atoms with Crippen molar-refractivity contribution in [3.63, 3.8) is 0 Å². The van der Waals surface area contributed by atoms with Gasteiger partial charge in [-0.15, -0.1) is 0 Å². The van der Waals surface area contributed by atoms with Gasteiger partial charge in [0, 0.05) is 41.8 Å². The van der Waals surface area contributed by atoms with Crippen LogP contribution >= 0.6 is 0 Å². The molecule has 0 spiro atoms. The van der Waals surface area contributed by atoms with Crippen LogP contribution in [0.5, 0.6) is 0 Å². The molecule has 1 N–H and O–H groups in total. The van der Waals surface area contributed by atoms with Crippen molar-refractivity contribution in [2.75, 3.05) is 5.32 Å². The van der Waals surface area contributed by atoms with E-state index in [1.165, 1.54) is 10.9 Å². The summed E-state index contributed by atoms with van der Waals surface area (Å²) in [6, 6.07) is 8.49. The van der Waals surface area contributed by atoms with Gasteiger partial charge in [-0.3, -0.25) is 9.67 Å². The van der Waals surface area contributed by atoms with Gasteiger partial charge in [0.05, 0.1) is 12.2 Å². The van der Waals surface area contributed by atoms with Crippen LogP contribution < -0.4 is 5.32 Å². The van der Waals surface area contributed by atoms with E-state index in [0.29, 0.717) is 0 Å². The second kappa shape index (κ2) is 5.33. The average molecular weight is 266 g/mol. The van der Waals surface area contributed by atoms with Crippen LogP contribution in [-0.4, -0.2) is 14.8 Å². The Morgan fingerprint density at radius 1 is 1.25 bits per heavy atom. The first kappa shape index (κ1) is 12.7. The van der Waals surface area contributed by atoms with Crippen LogP contribution in [0.1, 0.15) is 25.5 Å². The molecule has 0 saturated carbocycles. The fraction of sp³-hybridized carbons (Fsp3) is 0.250. The first-order valence-corrected chi connectivity index (χ1v) is 6.89. The molecule has 0 radical (unpaired) electrons. The molecule has 0 amide bonds. The van der Waals surface area contributed by atoms with Crippen molar-refractivity contribution in [2.45, 2.75) is 26.4 Å². The molecule has 3 aromatic rings. The number of aryl methyl sites for hydroxylation is 1. The van der Waals surface area contributed by atoms with E-state index in [1.807, 2.05) is 29.3 Å². The van der Waals surface area contributed by atoms with Gasteiger partial charge in [-0.2, -0.15) is 5.10 Å². The predicted octanol–water partition coefficient (Wildman–Crippen LogP) is 3.62. The maximum absolute atomic E-state index is 4.32. The fourth-order valence-electron chi connectivity index (χ4n) is 2.33. The van der Waals surface area contributed by atoms with Crippen molar-refractivity contribution in [1.82, 2.24) is 14.8 Å². The summed E-state index contributed by atoms with van der Waals surface area (Å²) in [5, 5.41) is 10.2. The summed E-state index contributed by atoms with van der Waals surface area (Å²) in [5.41, 5.74) is 2.29. The number of benzene rings is 1. The maximum Gasteiger partial charge on any atom is 0.0542 e. The minimum Gasteiger partial charge on any atom is -0.378 e. The smallest absolute Gasteiger partial charge is 0.0542 e. The van der Waals surface area contributed by atoms with Crippen LogP contribution in [0.25, 0.3) is 10.8 Å². The van der Waals surface area contributed by atoms with Crippen molar-refractivity contribution >= 4 is 16.5 Å². The van der Waals surface area contributed by atoms with Gasteiger partial charge in [0.25, 0.3) is 0 Å². The fourth-order valence-corrected chi connectivity index (χ4v) is 2.33. The average Bonchev–Trinajstić information content (AvgIpc) is 2.97. The zero-order valence-electron chi connectivity index (χ0n) is 11.7. The van der Waals surface area contributed by atoms with E-state index in [4.69, 9.17) is 0 Å². The van der Waals surface area contributed by atoms with Crippen LogP contribution in [0.4, 0.5) is 5.69 Å². The number of aromatic nitrogens is 3. The molecule has 0 bridgehead atoms. The molecule has 2 heterocycles. The van der Waals surface area contributed by atoms with E-state index in [9.17, 15) is 0 Å². The number of nitrogens with one attached hydrogen (secondary N) is 1. The van der Waals surface area contributed by atoms with Crippen molar-refractivity contribution in [3.8, 4) is 0 Å². The molecule has 4 heteroatoms. The third kappa shape index (κ3) is 2.37. The predicted molar refractivity (Wildman–Crippen MR) is 81.7 cm³/mol. The SMILES string of the molecule is CCn1cc(C(C)Nc2cccc3ccncc23)cn1. The van der Waals surface area contributed by atoms with E-state index >= 15 is 0 Å². The molecule has 4 nitrogen and oxygen atoms in total. The molecule has 2 aromatic heterocycles. The van der Waals surface area contributed by atoms with Gasteiger partial charge in [-0.1, -0.05) is 12.1 Å². The first-order chi connectivity index (χ1) is 9.78. The van der Waals surface area contributed by atoms with Crippen LogP contribution in [-0.2, 0) is 6.54 Å². The standard InChI is InChI=1S/C16H18N4/c1-3-20-11-14(9-18-20)12(2)19-16-6-4-5-13-7-8-17-10-15(13)16/h4-12,19H,3H2,1-2H3. The van der Waals surface area contributed by atoms with E-state index < -0.39 is 0 Å². The molecular formula is C16H18N4. The highest BCUT2D eigenvalue weighted by Gasteiger charge is 2.09. The molecule has 102 valence electrons. The summed E-state index contributed by atoms with van der Waals surface area (Å²) in [6.45, 7) is 5.13. The Kier molecular flexibility index (Phi) is 3.37. The molecule has 0 aliphatic carbocycles. The summed E-state index contributed by atoms with van der Waals surface area (Å²) >= 11 is 0. The van der Waals surface area contributed by atoms with Crippen LogP contribution in [0.3, 0.4) is 0 Å². The Morgan fingerprint density at radius 2 is 2.15 bits per heavy atom. The Hall–Kier alpha value is -2.36. The van der Waals surface area contributed by atoms with Gasteiger partial charge < -0.3 is 5.32 Å². The largest absolute Gasteiger partial charge is 0.378 e. The quantitative estimate of drug-likeness (QED) is 0.784. The molecule has 1 aromatic carbocycles. The number of rotatable bonds is 4. The Balaban J connectivity index is 1.89. The number of pyridine rings is 1.